The van der Waals surface area contributed by atoms with Crippen molar-refractivity contribution >= 4 is 5.97 Å². The minimum atomic E-state index is -0.761. The summed E-state index contributed by atoms with van der Waals surface area (Å²) in [4.78, 5) is 27.3. The number of nitrogens with zero attached hydrogens (tertiary/aromatic N) is 2. The third kappa shape index (κ3) is 3.07. The fourth-order valence-corrected chi connectivity index (χ4v) is 1.82. The zero-order chi connectivity index (χ0) is 15.4. The van der Waals surface area contributed by atoms with Gasteiger partial charge in [-0.1, -0.05) is 6.07 Å². The normalized spacial score (nSPS) is 10.2. The molecule has 0 amide bonds. The molecule has 0 atom stereocenters. The topological polar surface area (TPSA) is 70.4 Å². The van der Waals surface area contributed by atoms with E-state index in [-0.39, 0.29) is 17.9 Å². The number of rotatable bonds is 4. The number of aromatic nitrogens is 2. The number of methoxy groups -OCH3 is 2. The lowest BCUT2D eigenvalue weighted by Gasteiger charge is -2.08. The van der Waals surface area contributed by atoms with E-state index in [1.807, 2.05) is 0 Å². The van der Waals surface area contributed by atoms with Gasteiger partial charge in [0, 0.05) is 6.20 Å². The van der Waals surface area contributed by atoms with Crippen LogP contribution in [0.5, 0.6) is 5.75 Å². The highest BCUT2D eigenvalue weighted by molar-refractivity contribution is 5.88. The Kier molecular flexibility index (Phi) is 4.32. The maximum absolute atomic E-state index is 13.6. The molecule has 0 N–H and O–H groups in total. The summed E-state index contributed by atoms with van der Waals surface area (Å²) in [6.07, 6.45) is 2.41. The first kappa shape index (κ1) is 14.7. The lowest BCUT2D eigenvalue weighted by molar-refractivity contribution is 0.0597. The summed E-state index contributed by atoms with van der Waals surface area (Å²) in [6, 6.07) is 4.35. The zero-order valence-electron chi connectivity index (χ0n) is 11.5. The quantitative estimate of drug-likeness (QED) is 0.793. The molecule has 0 spiro atoms. The Labute approximate surface area is 119 Å². The Morgan fingerprint density at radius 3 is 2.76 bits per heavy atom. The van der Waals surface area contributed by atoms with Gasteiger partial charge in [-0.15, -0.1) is 0 Å². The highest BCUT2D eigenvalue weighted by atomic mass is 19.1. The van der Waals surface area contributed by atoms with Crippen molar-refractivity contribution in [3.63, 3.8) is 0 Å². The Hall–Kier alpha value is -2.70. The van der Waals surface area contributed by atoms with Crippen LogP contribution in [0.3, 0.4) is 0 Å². The van der Waals surface area contributed by atoms with Gasteiger partial charge in [0.15, 0.2) is 11.6 Å². The third-order valence-corrected chi connectivity index (χ3v) is 2.88. The molecule has 0 fully saturated rings. The number of carbonyl (C=O) groups is 1. The molecular formula is C14H13FN2O4. The van der Waals surface area contributed by atoms with Crippen molar-refractivity contribution in [1.82, 2.24) is 9.55 Å². The lowest BCUT2D eigenvalue weighted by Crippen LogP contribution is -2.27. The summed E-state index contributed by atoms with van der Waals surface area (Å²) in [5.41, 5.74) is -0.179. The number of carbonyl (C=O) groups excluding carboxylic acids is 1. The Morgan fingerprint density at radius 1 is 1.38 bits per heavy atom. The molecule has 1 heterocycles. The van der Waals surface area contributed by atoms with E-state index >= 15 is 0 Å². The van der Waals surface area contributed by atoms with Gasteiger partial charge in [0.2, 0.25) is 0 Å². The van der Waals surface area contributed by atoms with E-state index in [1.54, 1.807) is 6.07 Å². The van der Waals surface area contributed by atoms with E-state index in [0.717, 1.165) is 6.20 Å². The van der Waals surface area contributed by atoms with Gasteiger partial charge in [-0.3, -0.25) is 9.36 Å². The van der Waals surface area contributed by atoms with Crippen molar-refractivity contribution in [2.75, 3.05) is 14.2 Å². The molecule has 0 saturated heterocycles. The second-order valence-corrected chi connectivity index (χ2v) is 4.20. The van der Waals surface area contributed by atoms with Crippen LogP contribution in [0.1, 0.15) is 15.9 Å². The van der Waals surface area contributed by atoms with Gasteiger partial charge < -0.3 is 9.47 Å². The van der Waals surface area contributed by atoms with Crippen LogP contribution in [0, 0.1) is 5.82 Å². The smallest absolute Gasteiger partial charge is 0.345 e. The lowest BCUT2D eigenvalue weighted by atomic mass is 10.2. The molecular weight excluding hydrogens is 279 g/mol. The monoisotopic (exact) mass is 292 g/mol. The predicted molar refractivity (Wildman–Crippen MR) is 71.9 cm³/mol. The van der Waals surface area contributed by atoms with Crippen molar-refractivity contribution in [2.45, 2.75) is 6.54 Å². The average molecular weight is 292 g/mol. The molecule has 0 aliphatic carbocycles. The second kappa shape index (κ2) is 6.17. The summed E-state index contributed by atoms with van der Waals surface area (Å²) in [7, 11) is 2.55. The van der Waals surface area contributed by atoms with Crippen molar-refractivity contribution in [3.05, 3.63) is 58.0 Å². The van der Waals surface area contributed by atoms with Gasteiger partial charge in [-0.2, -0.15) is 0 Å². The summed E-state index contributed by atoms with van der Waals surface area (Å²) in [5, 5.41) is 0. The summed E-state index contributed by atoms with van der Waals surface area (Å²) in [5.74, 6) is -1.17. The summed E-state index contributed by atoms with van der Waals surface area (Å²) >= 11 is 0. The molecule has 2 aromatic rings. The number of ether oxygens (including phenoxy) is 2. The van der Waals surface area contributed by atoms with Gasteiger partial charge in [0.25, 0.3) is 5.56 Å². The number of esters is 1. The Balaban J connectivity index is 2.34. The Bertz CT molecular complexity index is 727. The summed E-state index contributed by atoms with van der Waals surface area (Å²) in [6.45, 7) is 0.0809. The van der Waals surface area contributed by atoms with Crippen molar-refractivity contribution in [2.24, 2.45) is 0 Å². The zero-order valence-corrected chi connectivity index (χ0v) is 11.5. The highest BCUT2D eigenvalue weighted by Crippen LogP contribution is 2.17. The van der Waals surface area contributed by atoms with Crippen LogP contribution < -0.4 is 10.3 Å². The molecule has 21 heavy (non-hydrogen) atoms. The van der Waals surface area contributed by atoms with Gasteiger partial charge in [0.1, 0.15) is 5.56 Å². The van der Waals surface area contributed by atoms with Gasteiger partial charge in [0.05, 0.1) is 27.1 Å². The molecule has 6 nitrogen and oxygen atoms in total. The van der Waals surface area contributed by atoms with Crippen LogP contribution in [0.25, 0.3) is 0 Å². The summed E-state index contributed by atoms with van der Waals surface area (Å²) < 4.78 is 24.1. The molecule has 7 heteroatoms. The SMILES string of the molecule is COC(=O)c1cncn(Cc2ccc(OC)c(F)c2)c1=O. The van der Waals surface area contributed by atoms with Crippen LogP contribution in [-0.2, 0) is 11.3 Å². The molecule has 0 bridgehead atoms. The van der Waals surface area contributed by atoms with Crippen LogP contribution in [0.15, 0.2) is 35.5 Å². The van der Waals surface area contributed by atoms with E-state index in [4.69, 9.17) is 4.74 Å². The van der Waals surface area contributed by atoms with Crippen molar-refractivity contribution in [1.29, 1.82) is 0 Å². The fourth-order valence-electron chi connectivity index (χ4n) is 1.82. The van der Waals surface area contributed by atoms with Crippen LogP contribution in [0.2, 0.25) is 0 Å². The van der Waals surface area contributed by atoms with E-state index < -0.39 is 17.3 Å². The minimum Gasteiger partial charge on any atom is -0.494 e. The van der Waals surface area contributed by atoms with E-state index in [0.29, 0.717) is 5.56 Å². The van der Waals surface area contributed by atoms with Crippen LogP contribution >= 0.6 is 0 Å². The molecule has 0 saturated carbocycles. The molecule has 110 valence electrons. The molecule has 1 aromatic carbocycles. The third-order valence-electron chi connectivity index (χ3n) is 2.88. The molecule has 0 aliphatic heterocycles. The van der Waals surface area contributed by atoms with Crippen LogP contribution in [-0.4, -0.2) is 29.7 Å². The van der Waals surface area contributed by atoms with Gasteiger partial charge in [-0.25, -0.2) is 14.2 Å². The fraction of sp³-hybridized carbons (Fsp3) is 0.214. The standard InChI is InChI=1S/C14H13FN2O4/c1-20-12-4-3-9(5-11(12)15)7-17-8-16-6-10(13(17)18)14(19)21-2/h3-6,8H,7H2,1-2H3. The van der Waals surface area contributed by atoms with Crippen molar-refractivity contribution < 1.29 is 18.7 Å². The first-order valence-corrected chi connectivity index (χ1v) is 6.02. The first-order valence-electron chi connectivity index (χ1n) is 6.02. The van der Waals surface area contributed by atoms with E-state index in [1.165, 1.54) is 37.2 Å². The predicted octanol–water partition coefficient (Wildman–Crippen LogP) is 1.23. The van der Waals surface area contributed by atoms with E-state index in [9.17, 15) is 14.0 Å². The van der Waals surface area contributed by atoms with Gasteiger partial charge in [-0.05, 0) is 17.7 Å². The molecule has 0 unspecified atom stereocenters. The number of hydrogen-bond donors (Lipinski definition) is 0. The Morgan fingerprint density at radius 2 is 2.14 bits per heavy atom. The molecule has 0 aliphatic rings. The minimum absolute atomic E-state index is 0.0809. The van der Waals surface area contributed by atoms with Crippen LogP contribution in [0.4, 0.5) is 4.39 Å². The average Bonchev–Trinajstić information content (AvgIpc) is 2.49. The molecule has 0 radical (unpaired) electrons. The van der Waals surface area contributed by atoms with E-state index in [2.05, 4.69) is 9.72 Å². The number of halogens is 1. The number of hydrogen-bond acceptors (Lipinski definition) is 5. The van der Waals surface area contributed by atoms with Crippen molar-refractivity contribution in [3.8, 4) is 5.75 Å². The highest BCUT2D eigenvalue weighted by Gasteiger charge is 2.13. The second-order valence-electron chi connectivity index (χ2n) is 4.20. The largest absolute Gasteiger partial charge is 0.494 e. The number of benzene rings is 1. The molecule has 2 rings (SSSR count). The first-order chi connectivity index (χ1) is 10.1. The maximum atomic E-state index is 13.6. The maximum Gasteiger partial charge on any atom is 0.345 e. The van der Waals surface area contributed by atoms with Gasteiger partial charge >= 0.3 is 5.97 Å². The molecule has 1 aromatic heterocycles.